The summed E-state index contributed by atoms with van der Waals surface area (Å²) >= 11 is 17.2. The summed E-state index contributed by atoms with van der Waals surface area (Å²) in [5, 5.41) is 8.54. The first-order valence-electron chi connectivity index (χ1n) is 6.18. The smallest absolute Gasteiger partial charge is 0.341 e. The minimum atomic E-state index is -2.61. The number of aliphatic carboxylic acids is 1. The van der Waals surface area contributed by atoms with E-state index in [0.717, 1.165) is 6.08 Å². The Morgan fingerprint density at radius 3 is 2.67 bits per heavy atom. The van der Waals surface area contributed by atoms with Gasteiger partial charge >= 0.3 is 12.0 Å². The molecule has 0 aromatic heterocycles. The maximum atomic E-state index is 13.5. The van der Waals surface area contributed by atoms with E-state index in [0.29, 0.717) is 31.1 Å². The van der Waals surface area contributed by atoms with Crippen LogP contribution in [0.25, 0.3) is 6.08 Å². The Bertz CT molecular complexity index is 518. The average Bonchev–Trinajstić information content (AvgIpc) is 2.37. The van der Waals surface area contributed by atoms with Crippen molar-refractivity contribution < 1.29 is 19.0 Å². The second-order valence-corrected chi connectivity index (χ2v) is 13.6. The Kier molecular flexibility index (Phi) is 7.52. The molecule has 3 nitrogen and oxygen atoms in total. The lowest BCUT2D eigenvalue weighted by Crippen LogP contribution is -2.09. The van der Waals surface area contributed by atoms with Crippen molar-refractivity contribution in [1.82, 2.24) is 0 Å². The molecule has 0 amide bonds. The highest BCUT2D eigenvalue weighted by Crippen LogP contribution is 2.27. The number of ether oxygens (including phenoxy) is 1. The van der Waals surface area contributed by atoms with Gasteiger partial charge in [-0.15, -0.1) is 33.2 Å². The summed E-state index contributed by atoms with van der Waals surface area (Å²) in [4.78, 5) is 10.4. The largest absolute Gasteiger partial charge is 0.490 e. The van der Waals surface area contributed by atoms with Gasteiger partial charge in [0.1, 0.15) is 0 Å². The third-order valence-electron chi connectivity index (χ3n) is 2.49. The summed E-state index contributed by atoms with van der Waals surface area (Å²) in [5.74, 6) is -1.50. The van der Waals surface area contributed by atoms with Crippen LogP contribution < -0.4 is 4.74 Å². The lowest BCUT2D eigenvalue weighted by Gasteiger charge is -2.09. The summed E-state index contributed by atoms with van der Waals surface area (Å²) < 4.78 is 18.9. The van der Waals surface area contributed by atoms with Crippen molar-refractivity contribution in [3.05, 3.63) is 35.7 Å². The number of rotatable bonds is 8. The molecule has 0 spiro atoms. The van der Waals surface area contributed by atoms with Gasteiger partial charge in [-0.05, 0) is 42.7 Å². The number of carbonyl (C=O) groups is 1. The first-order valence-corrected chi connectivity index (χ1v) is 11.4. The molecule has 0 aliphatic carbocycles. The number of hydrogen-bond acceptors (Lipinski definition) is 2. The Labute approximate surface area is 137 Å². The van der Waals surface area contributed by atoms with Crippen molar-refractivity contribution in [1.29, 1.82) is 0 Å². The fourth-order valence-corrected chi connectivity index (χ4v) is 3.36. The van der Waals surface area contributed by atoms with E-state index in [-0.39, 0.29) is 5.75 Å². The molecule has 21 heavy (non-hydrogen) atoms. The summed E-state index contributed by atoms with van der Waals surface area (Å²) in [5.41, 5.74) is 0.544. The topological polar surface area (TPSA) is 46.5 Å². The molecule has 0 unspecified atom stereocenters. The number of carboxylic acid groups (broad SMARTS) is 1. The summed E-state index contributed by atoms with van der Waals surface area (Å²) in [6.45, 7) is 0.304. The van der Waals surface area contributed by atoms with Crippen LogP contribution in [0.4, 0.5) is 4.39 Å². The van der Waals surface area contributed by atoms with Crippen LogP contribution in [0.5, 0.6) is 5.75 Å². The van der Waals surface area contributed by atoms with Crippen LogP contribution in [0.2, 0.25) is 6.04 Å². The lowest BCUT2D eigenvalue weighted by molar-refractivity contribution is -0.131. The SMILES string of the molecule is O=C(O)/C=C/c1ccc(F)c(OCCCC[Si](Cl)(Cl)Cl)c1. The molecule has 0 saturated carbocycles. The van der Waals surface area contributed by atoms with Crippen molar-refractivity contribution in [2.24, 2.45) is 0 Å². The monoisotopic (exact) mass is 370 g/mol. The maximum absolute atomic E-state index is 13.5. The quantitative estimate of drug-likeness (QED) is 0.311. The third-order valence-corrected chi connectivity index (χ3v) is 5.11. The van der Waals surface area contributed by atoms with Crippen molar-refractivity contribution in [3.8, 4) is 5.75 Å². The zero-order valence-corrected chi connectivity index (χ0v) is 14.3. The van der Waals surface area contributed by atoms with E-state index in [9.17, 15) is 9.18 Å². The number of unbranched alkanes of at least 4 members (excludes halogenated alkanes) is 1. The molecule has 8 heteroatoms. The average molecular weight is 372 g/mol. The van der Waals surface area contributed by atoms with Crippen molar-refractivity contribution >= 4 is 51.3 Å². The van der Waals surface area contributed by atoms with E-state index in [2.05, 4.69) is 0 Å². The molecule has 1 aromatic rings. The van der Waals surface area contributed by atoms with Gasteiger partial charge in [-0.25, -0.2) is 9.18 Å². The number of carboxylic acids is 1. The van der Waals surface area contributed by atoms with Crippen LogP contribution in [-0.4, -0.2) is 23.7 Å². The van der Waals surface area contributed by atoms with Crippen molar-refractivity contribution in [2.75, 3.05) is 6.61 Å². The molecule has 0 aliphatic rings. The predicted molar refractivity (Wildman–Crippen MR) is 85.9 cm³/mol. The molecule has 0 aliphatic heterocycles. The van der Waals surface area contributed by atoms with Crippen LogP contribution in [0, 0.1) is 5.82 Å². The number of benzene rings is 1. The minimum Gasteiger partial charge on any atom is -0.490 e. The molecule has 0 radical (unpaired) electrons. The normalized spacial score (nSPS) is 11.8. The van der Waals surface area contributed by atoms with Crippen LogP contribution in [0.1, 0.15) is 18.4 Å². The summed E-state index contributed by atoms with van der Waals surface area (Å²) in [6, 6.07) is 2.07. The summed E-state index contributed by atoms with van der Waals surface area (Å²) in [6.07, 6.45) is 3.68. The molecule has 1 aromatic carbocycles. The van der Waals surface area contributed by atoms with Crippen LogP contribution in [-0.2, 0) is 4.79 Å². The molecule has 116 valence electrons. The van der Waals surface area contributed by atoms with Gasteiger partial charge in [0.2, 0.25) is 0 Å². The van der Waals surface area contributed by atoms with Crippen LogP contribution in [0.15, 0.2) is 24.3 Å². The standard InChI is InChI=1S/C13H14Cl3FO3Si/c14-21(15,16)8-2-1-7-20-12-9-10(3-5-11(12)17)4-6-13(18)19/h3-6,9H,1-2,7-8H2,(H,18,19)/b6-4+. The highest BCUT2D eigenvalue weighted by Gasteiger charge is 2.23. The Morgan fingerprint density at radius 1 is 1.33 bits per heavy atom. The second-order valence-electron chi connectivity index (χ2n) is 4.28. The molecule has 1 N–H and O–H groups in total. The van der Waals surface area contributed by atoms with Gasteiger partial charge in [-0.2, -0.15) is 0 Å². The van der Waals surface area contributed by atoms with Gasteiger partial charge in [0, 0.05) is 6.08 Å². The van der Waals surface area contributed by atoms with Gasteiger partial charge in [0.15, 0.2) is 11.6 Å². The van der Waals surface area contributed by atoms with Gasteiger partial charge in [-0.3, -0.25) is 0 Å². The number of hydrogen-bond donors (Lipinski definition) is 1. The predicted octanol–water partition coefficient (Wildman–Crippen LogP) is 4.74. The highest BCUT2D eigenvalue weighted by atomic mass is 35.8. The van der Waals surface area contributed by atoms with Gasteiger partial charge < -0.3 is 9.84 Å². The first kappa shape index (κ1) is 18.3. The zero-order valence-electron chi connectivity index (χ0n) is 11.0. The Balaban J connectivity index is 2.50. The first-order chi connectivity index (χ1) is 9.78. The summed E-state index contributed by atoms with van der Waals surface area (Å²) in [7, 11) is 0. The second kappa shape index (κ2) is 8.63. The fraction of sp³-hybridized carbons (Fsp3) is 0.308. The third kappa shape index (κ3) is 8.31. The van der Waals surface area contributed by atoms with Crippen LogP contribution in [0.3, 0.4) is 0 Å². The minimum absolute atomic E-state index is 0.0775. The fourth-order valence-electron chi connectivity index (χ4n) is 1.51. The van der Waals surface area contributed by atoms with Crippen LogP contribution >= 0.6 is 33.2 Å². The molecule has 0 atom stereocenters. The number of halogens is 4. The lowest BCUT2D eigenvalue weighted by atomic mass is 10.2. The molecular formula is C13H14Cl3FO3Si. The Hall–Kier alpha value is -0.753. The molecule has 0 saturated heterocycles. The van der Waals surface area contributed by atoms with E-state index in [1.807, 2.05) is 0 Å². The molecule has 1 rings (SSSR count). The van der Waals surface area contributed by atoms with Crippen molar-refractivity contribution in [3.63, 3.8) is 0 Å². The van der Waals surface area contributed by atoms with E-state index in [4.69, 9.17) is 43.1 Å². The van der Waals surface area contributed by atoms with Gasteiger partial charge in [0.05, 0.1) is 6.61 Å². The van der Waals surface area contributed by atoms with E-state index >= 15 is 0 Å². The molecular weight excluding hydrogens is 358 g/mol. The van der Waals surface area contributed by atoms with E-state index in [1.165, 1.54) is 24.3 Å². The van der Waals surface area contributed by atoms with Crippen molar-refractivity contribution in [2.45, 2.75) is 18.9 Å². The zero-order chi connectivity index (χ0) is 15.9. The molecule has 0 heterocycles. The molecule has 0 fully saturated rings. The Morgan fingerprint density at radius 2 is 2.05 bits per heavy atom. The molecule has 0 bridgehead atoms. The highest BCUT2D eigenvalue weighted by molar-refractivity contribution is 7.64. The van der Waals surface area contributed by atoms with E-state index < -0.39 is 17.8 Å². The van der Waals surface area contributed by atoms with E-state index in [1.54, 1.807) is 0 Å². The maximum Gasteiger partial charge on any atom is 0.341 e. The van der Waals surface area contributed by atoms with Gasteiger partial charge in [-0.1, -0.05) is 6.07 Å². The van der Waals surface area contributed by atoms with Gasteiger partial charge in [0.25, 0.3) is 0 Å².